The minimum absolute atomic E-state index is 0. The van der Waals surface area contributed by atoms with Crippen molar-refractivity contribution >= 4 is 29.9 Å². The van der Waals surface area contributed by atoms with Gasteiger partial charge in [-0.05, 0) is 46.1 Å². The Bertz CT molecular complexity index is 522. The molecule has 0 spiro atoms. The second-order valence-corrected chi connectivity index (χ2v) is 7.43. The molecule has 0 amide bonds. The average molecular weight is 445 g/mol. The molecule has 1 heterocycles. The fourth-order valence-corrected chi connectivity index (χ4v) is 2.94. The molecule has 0 aromatic heterocycles. The molecule has 1 aliphatic rings. The normalized spacial score (nSPS) is 21.8. The maximum atomic E-state index is 6.08. The first-order valence-corrected chi connectivity index (χ1v) is 8.56. The molecule has 1 aromatic rings. The molecule has 2 unspecified atom stereocenters. The van der Waals surface area contributed by atoms with Gasteiger partial charge in [0.1, 0.15) is 0 Å². The van der Waals surface area contributed by atoms with Crippen LogP contribution in [0.1, 0.15) is 50.8 Å². The number of halogens is 1. The molecule has 1 aliphatic heterocycles. The van der Waals surface area contributed by atoms with Crippen LogP contribution in [0, 0.1) is 12.8 Å². The Morgan fingerprint density at radius 3 is 2.50 bits per heavy atom. The Morgan fingerprint density at radius 1 is 1.25 bits per heavy atom. The summed E-state index contributed by atoms with van der Waals surface area (Å²) in [5.41, 5.74) is 2.57. The Kier molecular flexibility index (Phi) is 8.50. The summed E-state index contributed by atoms with van der Waals surface area (Å²) in [5.74, 6) is 1.32. The summed E-state index contributed by atoms with van der Waals surface area (Å²) in [6, 6.07) is 8.72. The van der Waals surface area contributed by atoms with Crippen LogP contribution in [-0.4, -0.2) is 31.7 Å². The number of aryl methyl sites for hydroxylation is 1. The Balaban J connectivity index is 0.00000288. The van der Waals surface area contributed by atoms with Crippen molar-refractivity contribution in [2.45, 2.75) is 52.2 Å². The fraction of sp³-hybridized carbons (Fsp3) is 0.632. The van der Waals surface area contributed by atoms with E-state index in [9.17, 15) is 0 Å². The van der Waals surface area contributed by atoms with Crippen molar-refractivity contribution in [3.8, 4) is 0 Å². The summed E-state index contributed by atoms with van der Waals surface area (Å²) in [6.45, 7) is 10.3. The van der Waals surface area contributed by atoms with E-state index in [0.717, 1.165) is 25.5 Å². The van der Waals surface area contributed by atoms with Crippen molar-refractivity contribution in [3.63, 3.8) is 0 Å². The van der Waals surface area contributed by atoms with Crippen LogP contribution in [0.15, 0.2) is 29.3 Å². The van der Waals surface area contributed by atoms with Gasteiger partial charge in [0.05, 0.1) is 6.10 Å². The average Bonchev–Trinajstić information content (AvgIpc) is 2.51. The molecular weight excluding hydrogens is 413 g/mol. The topological polar surface area (TPSA) is 45.7 Å². The number of ether oxygens (including phenoxy) is 1. The zero-order chi connectivity index (χ0) is 16.9. The van der Waals surface area contributed by atoms with E-state index in [4.69, 9.17) is 4.74 Å². The Morgan fingerprint density at radius 2 is 1.92 bits per heavy atom. The highest BCUT2D eigenvalue weighted by molar-refractivity contribution is 14.0. The van der Waals surface area contributed by atoms with Gasteiger partial charge in [0.25, 0.3) is 0 Å². The van der Waals surface area contributed by atoms with E-state index in [-0.39, 0.29) is 35.6 Å². The second kappa shape index (κ2) is 9.61. The predicted octanol–water partition coefficient (Wildman–Crippen LogP) is 4.04. The first-order chi connectivity index (χ1) is 10.9. The number of nitrogens with zero attached hydrogens (tertiary/aromatic N) is 1. The van der Waals surface area contributed by atoms with Crippen molar-refractivity contribution in [2.24, 2.45) is 10.9 Å². The van der Waals surface area contributed by atoms with E-state index in [1.54, 1.807) is 0 Å². The Hall–Kier alpha value is -0.820. The van der Waals surface area contributed by atoms with Gasteiger partial charge in [-0.15, -0.1) is 24.0 Å². The lowest BCUT2D eigenvalue weighted by Crippen LogP contribution is -2.49. The molecule has 2 rings (SSSR count). The van der Waals surface area contributed by atoms with E-state index in [1.807, 2.05) is 7.05 Å². The van der Waals surface area contributed by atoms with Crippen LogP contribution in [-0.2, 0) is 4.74 Å². The molecule has 4 nitrogen and oxygen atoms in total. The van der Waals surface area contributed by atoms with Crippen LogP contribution in [0.5, 0.6) is 0 Å². The monoisotopic (exact) mass is 445 g/mol. The third-order valence-corrected chi connectivity index (χ3v) is 4.10. The van der Waals surface area contributed by atoms with Crippen LogP contribution in [0.25, 0.3) is 0 Å². The van der Waals surface area contributed by atoms with Gasteiger partial charge in [-0.3, -0.25) is 4.99 Å². The zero-order valence-electron chi connectivity index (χ0n) is 15.6. The number of rotatable bonds is 3. The van der Waals surface area contributed by atoms with Crippen LogP contribution < -0.4 is 10.6 Å². The standard InChI is InChI=1S/C19H31N3O.HI/c1-14-8-10-15(11-9-14)17-16(7-6-12-23-17)13-21-18(20-5)22-19(2,3)4;/h8-11,16-17H,6-7,12-13H2,1-5H3,(H2,20,21,22);1H. The maximum Gasteiger partial charge on any atom is 0.191 e. The molecule has 0 aliphatic carbocycles. The summed E-state index contributed by atoms with van der Waals surface area (Å²) in [5, 5.41) is 6.87. The summed E-state index contributed by atoms with van der Waals surface area (Å²) >= 11 is 0. The molecule has 2 atom stereocenters. The highest BCUT2D eigenvalue weighted by Gasteiger charge is 2.27. The summed E-state index contributed by atoms with van der Waals surface area (Å²) < 4.78 is 6.08. The highest BCUT2D eigenvalue weighted by atomic mass is 127. The summed E-state index contributed by atoms with van der Waals surface area (Å²) in [4.78, 5) is 4.32. The lowest BCUT2D eigenvalue weighted by atomic mass is 9.89. The molecule has 5 heteroatoms. The second-order valence-electron chi connectivity index (χ2n) is 7.43. The minimum Gasteiger partial charge on any atom is -0.373 e. The predicted molar refractivity (Wildman–Crippen MR) is 112 cm³/mol. The van der Waals surface area contributed by atoms with Gasteiger partial charge in [-0.1, -0.05) is 29.8 Å². The fourth-order valence-electron chi connectivity index (χ4n) is 2.94. The molecular formula is C19H32IN3O. The zero-order valence-corrected chi connectivity index (χ0v) is 17.9. The molecule has 1 saturated heterocycles. The third kappa shape index (κ3) is 6.59. The van der Waals surface area contributed by atoms with E-state index < -0.39 is 0 Å². The SMILES string of the molecule is CN=C(NCC1CCCOC1c1ccc(C)cc1)NC(C)(C)C.I. The van der Waals surface area contributed by atoms with Gasteiger partial charge in [0.2, 0.25) is 0 Å². The van der Waals surface area contributed by atoms with Crippen LogP contribution in [0.3, 0.4) is 0 Å². The Labute approximate surface area is 163 Å². The van der Waals surface area contributed by atoms with Crippen LogP contribution in [0.4, 0.5) is 0 Å². The third-order valence-electron chi connectivity index (χ3n) is 4.10. The lowest BCUT2D eigenvalue weighted by Gasteiger charge is -2.33. The molecule has 0 radical (unpaired) electrons. The molecule has 1 fully saturated rings. The number of nitrogens with one attached hydrogen (secondary N) is 2. The van der Waals surface area contributed by atoms with Gasteiger partial charge >= 0.3 is 0 Å². The van der Waals surface area contributed by atoms with Crippen molar-refractivity contribution < 1.29 is 4.74 Å². The molecule has 136 valence electrons. The number of guanidine groups is 1. The number of aliphatic imine (C=N–C) groups is 1. The molecule has 1 aromatic carbocycles. The van der Waals surface area contributed by atoms with Crippen molar-refractivity contribution in [1.29, 1.82) is 0 Å². The van der Waals surface area contributed by atoms with Crippen molar-refractivity contribution in [1.82, 2.24) is 10.6 Å². The van der Waals surface area contributed by atoms with Crippen molar-refractivity contribution in [2.75, 3.05) is 20.2 Å². The van der Waals surface area contributed by atoms with Gasteiger partial charge in [0.15, 0.2) is 5.96 Å². The van der Waals surface area contributed by atoms with Gasteiger partial charge in [0, 0.05) is 31.7 Å². The van der Waals surface area contributed by atoms with E-state index in [1.165, 1.54) is 17.5 Å². The summed E-state index contributed by atoms with van der Waals surface area (Å²) in [7, 11) is 1.82. The van der Waals surface area contributed by atoms with E-state index in [2.05, 4.69) is 67.6 Å². The van der Waals surface area contributed by atoms with Gasteiger partial charge in [-0.2, -0.15) is 0 Å². The largest absolute Gasteiger partial charge is 0.373 e. The lowest BCUT2D eigenvalue weighted by molar-refractivity contribution is -0.0265. The van der Waals surface area contributed by atoms with Crippen LogP contribution in [0.2, 0.25) is 0 Å². The molecule has 0 bridgehead atoms. The van der Waals surface area contributed by atoms with E-state index >= 15 is 0 Å². The first kappa shape index (κ1) is 21.2. The van der Waals surface area contributed by atoms with Gasteiger partial charge in [-0.25, -0.2) is 0 Å². The number of hydrogen-bond acceptors (Lipinski definition) is 2. The van der Waals surface area contributed by atoms with Gasteiger partial charge < -0.3 is 15.4 Å². The number of benzene rings is 1. The van der Waals surface area contributed by atoms with Crippen molar-refractivity contribution in [3.05, 3.63) is 35.4 Å². The first-order valence-electron chi connectivity index (χ1n) is 8.56. The molecule has 0 saturated carbocycles. The number of hydrogen-bond donors (Lipinski definition) is 2. The van der Waals surface area contributed by atoms with Crippen LogP contribution >= 0.6 is 24.0 Å². The highest BCUT2D eigenvalue weighted by Crippen LogP contribution is 2.33. The quantitative estimate of drug-likeness (QED) is 0.420. The summed E-state index contributed by atoms with van der Waals surface area (Å²) in [6.07, 6.45) is 2.47. The van der Waals surface area contributed by atoms with E-state index in [0.29, 0.717) is 5.92 Å². The molecule has 24 heavy (non-hydrogen) atoms. The maximum absolute atomic E-state index is 6.08. The minimum atomic E-state index is 0. The molecule has 2 N–H and O–H groups in total. The smallest absolute Gasteiger partial charge is 0.191 e.